The lowest BCUT2D eigenvalue weighted by Gasteiger charge is -2.18. The average Bonchev–Trinajstić information content (AvgIpc) is 3.18. The summed E-state index contributed by atoms with van der Waals surface area (Å²) in [6.07, 6.45) is 49.6. The number of hydrogen-bond donors (Lipinski definition) is 4. The lowest BCUT2D eigenvalue weighted by atomic mass is 10.0. The second-order valence-corrected chi connectivity index (χ2v) is 14.8. The lowest BCUT2D eigenvalue weighted by Crippen LogP contribution is -2.47. The van der Waals surface area contributed by atoms with Gasteiger partial charge in [0.25, 0.3) is 0 Å². The number of aliphatic hydroxyl groups is 1. The standard InChI is InChI=1S/C47H80N2O7/c1-3-5-7-9-11-13-14-15-16-17-18-19-20-21-22-24-26-31-35-39-46(53)56-42(36-32-28-25-23-12-10-8-6-4-2)37-33-29-27-30-34-38-44(51)48-40-45(52)49-43(41-50)47(54)55/h5,7,11,13,15-16,18-19,21-22,42-43,50H,3-4,6,8-10,12,14,17,20,23-41H2,1-2H3,(H,48,51)(H,49,52)(H,54,55)/b7-5-,13-11-,16-15-,19-18-,22-21-. The Labute approximate surface area is 341 Å². The van der Waals surface area contributed by atoms with Gasteiger partial charge in [-0.2, -0.15) is 0 Å². The predicted octanol–water partition coefficient (Wildman–Crippen LogP) is 10.9. The number of carboxylic acids is 1. The van der Waals surface area contributed by atoms with E-state index in [0.717, 1.165) is 103 Å². The van der Waals surface area contributed by atoms with E-state index in [-0.39, 0.29) is 30.9 Å². The molecule has 0 bridgehead atoms. The molecule has 56 heavy (non-hydrogen) atoms. The average molecular weight is 785 g/mol. The number of hydrogen-bond acceptors (Lipinski definition) is 6. The van der Waals surface area contributed by atoms with Gasteiger partial charge in [-0.15, -0.1) is 0 Å². The van der Waals surface area contributed by atoms with Crippen LogP contribution in [0.15, 0.2) is 60.8 Å². The Kier molecular flexibility index (Phi) is 38.6. The van der Waals surface area contributed by atoms with E-state index in [4.69, 9.17) is 14.9 Å². The van der Waals surface area contributed by atoms with Gasteiger partial charge in [0.2, 0.25) is 11.8 Å². The molecule has 0 saturated carbocycles. The molecule has 9 nitrogen and oxygen atoms in total. The topological polar surface area (TPSA) is 142 Å². The summed E-state index contributed by atoms with van der Waals surface area (Å²) in [6.45, 7) is 3.35. The van der Waals surface area contributed by atoms with E-state index < -0.39 is 24.5 Å². The highest BCUT2D eigenvalue weighted by atomic mass is 16.5. The molecule has 0 fully saturated rings. The number of aliphatic hydroxyl groups excluding tert-OH is 1. The maximum Gasteiger partial charge on any atom is 0.328 e. The maximum absolute atomic E-state index is 12.8. The van der Waals surface area contributed by atoms with Gasteiger partial charge in [-0.1, -0.05) is 152 Å². The number of carboxylic acid groups (broad SMARTS) is 1. The largest absolute Gasteiger partial charge is 0.480 e. The van der Waals surface area contributed by atoms with Crippen LogP contribution >= 0.6 is 0 Å². The number of ether oxygens (including phenoxy) is 1. The number of nitrogens with one attached hydrogen (secondary N) is 2. The highest BCUT2D eigenvalue weighted by Gasteiger charge is 2.19. The van der Waals surface area contributed by atoms with Crippen LogP contribution in [0, 0.1) is 0 Å². The van der Waals surface area contributed by atoms with Gasteiger partial charge in [0.15, 0.2) is 0 Å². The summed E-state index contributed by atoms with van der Waals surface area (Å²) in [7, 11) is 0. The van der Waals surface area contributed by atoms with Gasteiger partial charge < -0.3 is 25.6 Å². The first-order chi connectivity index (χ1) is 27.3. The summed E-state index contributed by atoms with van der Waals surface area (Å²) >= 11 is 0. The third kappa shape index (κ3) is 37.5. The molecule has 2 unspecified atom stereocenters. The molecule has 320 valence electrons. The van der Waals surface area contributed by atoms with Crippen molar-refractivity contribution < 1.29 is 34.1 Å². The molecule has 0 aromatic heterocycles. The van der Waals surface area contributed by atoms with Crippen LogP contribution in [-0.4, -0.2) is 59.3 Å². The summed E-state index contributed by atoms with van der Waals surface area (Å²) < 4.78 is 6.01. The molecule has 0 aromatic rings. The summed E-state index contributed by atoms with van der Waals surface area (Å²) in [6, 6.07) is -1.39. The second-order valence-electron chi connectivity index (χ2n) is 14.8. The van der Waals surface area contributed by atoms with Crippen LogP contribution < -0.4 is 10.6 Å². The van der Waals surface area contributed by atoms with Crippen molar-refractivity contribution in [3.8, 4) is 0 Å². The first kappa shape index (κ1) is 52.5. The molecule has 0 aliphatic heterocycles. The van der Waals surface area contributed by atoms with Gasteiger partial charge in [-0.3, -0.25) is 14.4 Å². The fraction of sp³-hybridized carbons (Fsp3) is 0.702. The van der Waals surface area contributed by atoms with Crippen molar-refractivity contribution in [1.29, 1.82) is 0 Å². The van der Waals surface area contributed by atoms with Gasteiger partial charge in [0.05, 0.1) is 13.2 Å². The van der Waals surface area contributed by atoms with E-state index in [9.17, 15) is 19.2 Å². The van der Waals surface area contributed by atoms with Gasteiger partial charge in [0.1, 0.15) is 12.1 Å². The fourth-order valence-corrected chi connectivity index (χ4v) is 6.15. The Morgan fingerprint density at radius 2 is 1.02 bits per heavy atom. The number of rotatable bonds is 39. The number of carbonyl (C=O) groups is 4. The van der Waals surface area contributed by atoms with Crippen LogP contribution in [-0.2, 0) is 23.9 Å². The molecule has 0 aromatic carbocycles. The molecule has 2 atom stereocenters. The number of aliphatic carboxylic acids is 1. The number of amides is 2. The molecule has 0 radical (unpaired) electrons. The zero-order valence-corrected chi connectivity index (χ0v) is 35.4. The van der Waals surface area contributed by atoms with Crippen LogP contribution in [0.25, 0.3) is 0 Å². The van der Waals surface area contributed by atoms with E-state index in [1.165, 1.54) is 51.4 Å². The van der Waals surface area contributed by atoms with E-state index in [0.29, 0.717) is 12.8 Å². The number of allylic oxidation sites excluding steroid dienone is 10. The minimum absolute atomic E-state index is 0.0307. The van der Waals surface area contributed by atoms with Gasteiger partial charge in [-0.05, 0) is 83.5 Å². The lowest BCUT2D eigenvalue weighted by molar-refractivity contribution is -0.150. The minimum Gasteiger partial charge on any atom is -0.480 e. The zero-order valence-electron chi connectivity index (χ0n) is 35.4. The van der Waals surface area contributed by atoms with Crippen molar-refractivity contribution in [3.05, 3.63) is 60.8 Å². The van der Waals surface area contributed by atoms with Crippen LogP contribution in [0.3, 0.4) is 0 Å². The quantitative estimate of drug-likeness (QED) is 0.0276. The van der Waals surface area contributed by atoms with Crippen molar-refractivity contribution >= 4 is 23.8 Å². The van der Waals surface area contributed by atoms with Crippen LogP contribution in [0.5, 0.6) is 0 Å². The van der Waals surface area contributed by atoms with Crippen molar-refractivity contribution in [2.24, 2.45) is 0 Å². The molecule has 9 heteroatoms. The highest BCUT2D eigenvalue weighted by Crippen LogP contribution is 2.18. The van der Waals surface area contributed by atoms with Crippen molar-refractivity contribution in [2.75, 3.05) is 13.2 Å². The molecular weight excluding hydrogens is 705 g/mol. The predicted molar refractivity (Wildman–Crippen MR) is 231 cm³/mol. The SMILES string of the molecule is CC/C=C\C/C=C\C/C=C\C/C=C\C/C=C\CCCCCC(=O)OC(CCCCCCCCCCC)CCCCCCCC(=O)NCC(=O)NC(CO)C(=O)O. The van der Waals surface area contributed by atoms with Crippen molar-refractivity contribution in [3.63, 3.8) is 0 Å². The van der Waals surface area contributed by atoms with Crippen LogP contribution in [0.1, 0.15) is 187 Å². The van der Waals surface area contributed by atoms with Gasteiger partial charge >= 0.3 is 11.9 Å². The monoisotopic (exact) mass is 785 g/mol. The molecule has 0 saturated heterocycles. The number of carbonyl (C=O) groups excluding carboxylic acids is 3. The smallest absolute Gasteiger partial charge is 0.328 e. The Balaban J connectivity index is 4.30. The third-order valence-corrected chi connectivity index (χ3v) is 9.53. The maximum atomic E-state index is 12.8. The summed E-state index contributed by atoms with van der Waals surface area (Å²) in [4.78, 5) is 47.5. The van der Waals surface area contributed by atoms with Gasteiger partial charge in [-0.25, -0.2) is 4.79 Å². The van der Waals surface area contributed by atoms with E-state index in [1.54, 1.807) is 0 Å². The molecular formula is C47H80N2O7. The van der Waals surface area contributed by atoms with E-state index >= 15 is 0 Å². The highest BCUT2D eigenvalue weighted by molar-refractivity contribution is 5.87. The molecule has 0 spiro atoms. The molecule has 4 N–H and O–H groups in total. The van der Waals surface area contributed by atoms with Crippen LogP contribution in [0.4, 0.5) is 0 Å². The van der Waals surface area contributed by atoms with E-state index in [2.05, 4.69) is 85.2 Å². The Morgan fingerprint density at radius 1 is 0.554 bits per heavy atom. The first-order valence-electron chi connectivity index (χ1n) is 22.2. The minimum atomic E-state index is -1.39. The molecule has 2 amide bonds. The first-order valence-corrected chi connectivity index (χ1v) is 22.2. The molecule has 0 aliphatic rings. The summed E-state index contributed by atoms with van der Waals surface area (Å²) in [5.41, 5.74) is 0. The normalized spacial score (nSPS) is 13.1. The molecule has 0 aliphatic carbocycles. The summed E-state index contributed by atoms with van der Waals surface area (Å²) in [5, 5.41) is 22.5. The fourth-order valence-electron chi connectivity index (χ4n) is 6.15. The van der Waals surface area contributed by atoms with Crippen molar-refractivity contribution in [2.45, 2.75) is 199 Å². The Hall–Kier alpha value is -3.46. The summed E-state index contributed by atoms with van der Waals surface area (Å²) in [5.74, 6) is -2.33. The van der Waals surface area contributed by atoms with Crippen molar-refractivity contribution in [1.82, 2.24) is 10.6 Å². The second kappa shape index (κ2) is 41.2. The van der Waals surface area contributed by atoms with Gasteiger partial charge in [0, 0.05) is 12.8 Å². The molecule has 0 heterocycles. The van der Waals surface area contributed by atoms with Crippen LogP contribution in [0.2, 0.25) is 0 Å². The Morgan fingerprint density at radius 3 is 1.54 bits per heavy atom. The number of unbranched alkanes of at least 4 members (excludes halogenated alkanes) is 15. The molecule has 0 rings (SSSR count). The number of esters is 1. The third-order valence-electron chi connectivity index (χ3n) is 9.53. The Bertz CT molecular complexity index is 1130. The van der Waals surface area contributed by atoms with E-state index in [1.807, 2.05) is 0 Å². The zero-order chi connectivity index (χ0) is 41.2.